The molecule has 0 aliphatic rings. The lowest BCUT2D eigenvalue weighted by atomic mass is 10.1. The van der Waals surface area contributed by atoms with Crippen LogP contribution in [0.2, 0.25) is 5.02 Å². The van der Waals surface area contributed by atoms with E-state index in [-0.39, 0.29) is 0 Å². The summed E-state index contributed by atoms with van der Waals surface area (Å²) in [5, 5.41) is 0.737. The quantitative estimate of drug-likeness (QED) is 0.782. The number of rotatable bonds is 6. The molecule has 0 amide bonds. The zero-order valence-corrected chi connectivity index (χ0v) is 11.7. The van der Waals surface area contributed by atoms with Crippen molar-refractivity contribution in [3.63, 3.8) is 0 Å². The van der Waals surface area contributed by atoms with E-state index in [1.54, 1.807) is 14.2 Å². The topological polar surface area (TPSA) is 21.7 Å². The summed E-state index contributed by atoms with van der Waals surface area (Å²) >= 11 is 6.20. The minimum atomic E-state index is 0.675. The lowest BCUT2D eigenvalue weighted by Crippen LogP contribution is -2.13. The van der Waals surface area contributed by atoms with Crippen molar-refractivity contribution < 1.29 is 9.47 Å². The third-order valence-electron chi connectivity index (χ3n) is 2.60. The van der Waals surface area contributed by atoms with E-state index < -0.39 is 0 Å². The molecule has 1 aromatic carbocycles. The van der Waals surface area contributed by atoms with Crippen molar-refractivity contribution in [2.45, 2.75) is 12.8 Å². The van der Waals surface area contributed by atoms with E-state index in [1.807, 2.05) is 12.1 Å². The van der Waals surface area contributed by atoms with Gasteiger partial charge in [-0.05, 0) is 45.1 Å². The van der Waals surface area contributed by atoms with Gasteiger partial charge in [0, 0.05) is 11.1 Å². The van der Waals surface area contributed by atoms with Crippen molar-refractivity contribution in [2.24, 2.45) is 0 Å². The smallest absolute Gasteiger partial charge is 0.162 e. The van der Waals surface area contributed by atoms with Crippen molar-refractivity contribution in [2.75, 3.05) is 34.9 Å². The Morgan fingerprint density at radius 3 is 2.24 bits per heavy atom. The maximum Gasteiger partial charge on any atom is 0.162 e. The van der Waals surface area contributed by atoms with Gasteiger partial charge in [-0.2, -0.15) is 0 Å². The first-order valence-corrected chi connectivity index (χ1v) is 6.01. The van der Waals surface area contributed by atoms with E-state index in [4.69, 9.17) is 21.1 Å². The molecule has 0 atom stereocenters. The van der Waals surface area contributed by atoms with Crippen LogP contribution in [-0.4, -0.2) is 39.8 Å². The predicted molar refractivity (Wildman–Crippen MR) is 71.4 cm³/mol. The van der Waals surface area contributed by atoms with Gasteiger partial charge in [-0.1, -0.05) is 11.6 Å². The summed E-state index contributed by atoms with van der Waals surface area (Å²) in [6, 6.07) is 3.77. The Hall–Kier alpha value is -0.930. The van der Waals surface area contributed by atoms with Crippen molar-refractivity contribution in [1.82, 2.24) is 4.90 Å². The Morgan fingerprint density at radius 1 is 1.12 bits per heavy atom. The highest BCUT2D eigenvalue weighted by atomic mass is 35.5. The standard InChI is InChI=1S/C13H20ClNO2/c1-15(2)7-5-6-10-8-12(16-3)13(17-4)9-11(10)14/h8-9H,5-7H2,1-4H3. The fourth-order valence-electron chi connectivity index (χ4n) is 1.67. The molecule has 3 nitrogen and oxygen atoms in total. The van der Waals surface area contributed by atoms with E-state index in [1.165, 1.54) is 0 Å². The third kappa shape index (κ3) is 4.10. The van der Waals surface area contributed by atoms with Crippen LogP contribution in [0.25, 0.3) is 0 Å². The Kier molecular flexibility index (Phi) is 5.59. The van der Waals surface area contributed by atoms with Crippen LogP contribution in [0.15, 0.2) is 12.1 Å². The number of hydrogen-bond donors (Lipinski definition) is 0. The first-order chi connectivity index (χ1) is 8.08. The number of halogens is 1. The van der Waals surface area contributed by atoms with Gasteiger partial charge >= 0.3 is 0 Å². The van der Waals surface area contributed by atoms with Gasteiger partial charge in [0.15, 0.2) is 11.5 Å². The summed E-state index contributed by atoms with van der Waals surface area (Å²) in [5.41, 5.74) is 1.10. The van der Waals surface area contributed by atoms with E-state index in [0.717, 1.165) is 35.7 Å². The summed E-state index contributed by atoms with van der Waals surface area (Å²) in [5.74, 6) is 1.41. The minimum Gasteiger partial charge on any atom is -0.493 e. The first-order valence-electron chi connectivity index (χ1n) is 5.63. The second-order valence-corrected chi connectivity index (χ2v) is 4.61. The van der Waals surface area contributed by atoms with Crippen molar-refractivity contribution in [1.29, 1.82) is 0 Å². The number of ether oxygens (including phenoxy) is 2. The van der Waals surface area contributed by atoms with E-state index in [2.05, 4.69) is 19.0 Å². The molecule has 96 valence electrons. The van der Waals surface area contributed by atoms with Crippen molar-refractivity contribution in [3.05, 3.63) is 22.7 Å². The fraction of sp³-hybridized carbons (Fsp3) is 0.538. The molecule has 1 rings (SSSR count). The predicted octanol–water partition coefficient (Wildman–Crippen LogP) is 2.85. The van der Waals surface area contributed by atoms with Crippen LogP contribution in [0.1, 0.15) is 12.0 Å². The molecule has 4 heteroatoms. The number of aryl methyl sites for hydroxylation is 1. The SMILES string of the molecule is COc1cc(Cl)c(CCCN(C)C)cc1OC. The van der Waals surface area contributed by atoms with Crippen LogP contribution >= 0.6 is 11.6 Å². The Labute approximate surface area is 108 Å². The van der Waals surface area contributed by atoms with Crippen LogP contribution in [-0.2, 0) is 6.42 Å². The zero-order valence-electron chi connectivity index (χ0n) is 10.9. The summed E-state index contributed by atoms with van der Waals surface area (Å²) in [7, 11) is 7.38. The highest BCUT2D eigenvalue weighted by molar-refractivity contribution is 6.31. The van der Waals surface area contributed by atoms with Crippen molar-refractivity contribution in [3.8, 4) is 11.5 Å². The monoisotopic (exact) mass is 257 g/mol. The second-order valence-electron chi connectivity index (χ2n) is 4.21. The molecule has 0 bridgehead atoms. The molecule has 0 aliphatic heterocycles. The first kappa shape index (κ1) is 14.1. The highest BCUT2D eigenvalue weighted by Gasteiger charge is 2.09. The minimum absolute atomic E-state index is 0.675. The van der Waals surface area contributed by atoms with Crippen LogP contribution in [0.3, 0.4) is 0 Å². The van der Waals surface area contributed by atoms with Crippen LogP contribution in [0.4, 0.5) is 0 Å². The van der Waals surface area contributed by atoms with Gasteiger partial charge < -0.3 is 14.4 Å². The van der Waals surface area contributed by atoms with Crippen LogP contribution in [0, 0.1) is 0 Å². The molecule has 0 spiro atoms. The van der Waals surface area contributed by atoms with Crippen molar-refractivity contribution >= 4 is 11.6 Å². The van der Waals surface area contributed by atoms with Crippen LogP contribution < -0.4 is 9.47 Å². The molecule has 0 aromatic heterocycles. The maximum absolute atomic E-state index is 6.20. The van der Waals surface area contributed by atoms with Gasteiger partial charge in [-0.15, -0.1) is 0 Å². The van der Waals surface area contributed by atoms with Crippen LogP contribution in [0.5, 0.6) is 11.5 Å². The van der Waals surface area contributed by atoms with Gasteiger partial charge in [-0.25, -0.2) is 0 Å². The van der Waals surface area contributed by atoms with Gasteiger partial charge in [0.05, 0.1) is 14.2 Å². The average molecular weight is 258 g/mol. The summed E-state index contributed by atoms with van der Waals surface area (Å²) < 4.78 is 10.5. The normalized spacial score (nSPS) is 10.7. The Morgan fingerprint density at radius 2 is 1.71 bits per heavy atom. The molecule has 0 fully saturated rings. The second kappa shape index (κ2) is 6.72. The lowest BCUT2D eigenvalue weighted by Gasteiger charge is -2.13. The fourth-order valence-corrected chi connectivity index (χ4v) is 1.92. The molecule has 0 heterocycles. The number of methoxy groups -OCH3 is 2. The summed E-state index contributed by atoms with van der Waals surface area (Å²) in [4.78, 5) is 2.16. The molecule has 0 unspecified atom stereocenters. The lowest BCUT2D eigenvalue weighted by molar-refractivity contribution is 0.354. The Balaban J connectivity index is 2.78. The molecular formula is C13H20ClNO2. The van der Waals surface area contributed by atoms with E-state index in [9.17, 15) is 0 Å². The molecule has 0 radical (unpaired) electrons. The largest absolute Gasteiger partial charge is 0.493 e. The molecular weight excluding hydrogens is 238 g/mol. The van der Waals surface area contributed by atoms with E-state index >= 15 is 0 Å². The molecule has 0 aliphatic carbocycles. The van der Waals surface area contributed by atoms with Gasteiger partial charge in [0.1, 0.15) is 0 Å². The highest BCUT2D eigenvalue weighted by Crippen LogP contribution is 2.33. The average Bonchev–Trinajstić information content (AvgIpc) is 2.30. The molecule has 1 aromatic rings. The Bertz CT molecular complexity index is 367. The molecule has 0 saturated carbocycles. The number of hydrogen-bond acceptors (Lipinski definition) is 3. The molecule has 0 N–H and O–H groups in total. The maximum atomic E-state index is 6.20. The van der Waals surface area contributed by atoms with E-state index in [0.29, 0.717) is 5.75 Å². The van der Waals surface area contributed by atoms with Gasteiger partial charge in [-0.3, -0.25) is 0 Å². The van der Waals surface area contributed by atoms with Gasteiger partial charge in [0.25, 0.3) is 0 Å². The summed E-state index contributed by atoms with van der Waals surface area (Å²) in [6.07, 6.45) is 2.01. The molecule has 0 saturated heterocycles. The van der Waals surface area contributed by atoms with Gasteiger partial charge in [0.2, 0.25) is 0 Å². The number of nitrogens with zero attached hydrogens (tertiary/aromatic N) is 1. The third-order valence-corrected chi connectivity index (χ3v) is 2.96. The zero-order chi connectivity index (χ0) is 12.8. The summed E-state index contributed by atoms with van der Waals surface area (Å²) in [6.45, 7) is 1.05. The number of benzene rings is 1. The molecule has 17 heavy (non-hydrogen) atoms.